The van der Waals surface area contributed by atoms with Crippen LogP contribution in [0, 0.1) is 5.92 Å². The van der Waals surface area contributed by atoms with E-state index in [1.807, 2.05) is 23.1 Å². The highest BCUT2D eigenvalue weighted by atomic mass is 79.9. The number of benzene rings is 1. The van der Waals surface area contributed by atoms with Gasteiger partial charge in [0, 0.05) is 36.0 Å². The molecule has 24 heavy (non-hydrogen) atoms. The summed E-state index contributed by atoms with van der Waals surface area (Å²) in [6.45, 7) is 4.27. The molecule has 2 aliphatic heterocycles. The standard InChI is InChI=1S/C17H19BrN4O2/c18-13-1-2-15-14(9-13)16(20-11-19-15)22-4-3-12(10-22)17(23)21-5-7-24-8-6-21/h1-2,9,11-12H,3-8,10H2. The molecule has 2 aliphatic rings. The zero-order chi connectivity index (χ0) is 16.5. The second kappa shape index (κ2) is 6.64. The molecule has 2 saturated heterocycles. The van der Waals surface area contributed by atoms with Crippen LogP contribution < -0.4 is 4.90 Å². The second-order valence-corrected chi connectivity index (χ2v) is 7.14. The maximum Gasteiger partial charge on any atom is 0.227 e. The molecule has 2 fully saturated rings. The van der Waals surface area contributed by atoms with Crippen molar-refractivity contribution in [3.8, 4) is 0 Å². The van der Waals surface area contributed by atoms with Crippen molar-refractivity contribution in [2.24, 2.45) is 5.92 Å². The summed E-state index contributed by atoms with van der Waals surface area (Å²) < 4.78 is 6.34. The number of anilines is 1. The summed E-state index contributed by atoms with van der Waals surface area (Å²) in [5.41, 5.74) is 0.922. The number of hydrogen-bond donors (Lipinski definition) is 0. The molecule has 0 bridgehead atoms. The molecule has 0 N–H and O–H groups in total. The van der Waals surface area contributed by atoms with Gasteiger partial charge in [-0.15, -0.1) is 0 Å². The lowest BCUT2D eigenvalue weighted by molar-refractivity contribution is -0.138. The number of aromatic nitrogens is 2. The fourth-order valence-electron chi connectivity index (χ4n) is 3.46. The second-order valence-electron chi connectivity index (χ2n) is 6.23. The number of amides is 1. The van der Waals surface area contributed by atoms with E-state index in [9.17, 15) is 4.79 Å². The first-order valence-electron chi connectivity index (χ1n) is 8.24. The summed E-state index contributed by atoms with van der Waals surface area (Å²) in [4.78, 5) is 25.7. The van der Waals surface area contributed by atoms with Gasteiger partial charge in [0.15, 0.2) is 0 Å². The average molecular weight is 391 g/mol. The lowest BCUT2D eigenvalue weighted by Gasteiger charge is -2.29. The Morgan fingerprint density at radius 2 is 2.04 bits per heavy atom. The Bertz CT molecular complexity index is 763. The van der Waals surface area contributed by atoms with Gasteiger partial charge in [-0.3, -0.25) is 4.79 Å². The molecule has 0 spiro atoms. The van der Waals surface area contributed by atoms with Gasteiger partial charge in [0.1, 0.15) is 12.1 Å². The predicted molar refractivity (Wildman–Crippen MR) is 95.0 cm³/mol. The molecule has 4 rings (SSSR count). The van der Waals surface area contributed by atoms with Crippen LogP contribution >= 0.6 is 15.9 Å². The number of fused-ring (bicyclic) bond motifs is 1. The Hall–Kier alpha value is -1.73. The van der Waals surface area contributed by atoms with E-state index >= 15 is 0 Å². The van der Waals surface area contributed by atoms with E-state index in [1.54, 1.807) is 6.33 Å². The molecular weight excluding hydrogens is 372 g/mol. The number of carbonyl (C=O) groups excluding carboxylic acids is 1. The zero-order valence-electron chi connectivity index (χ0n) is 13.3. The van der Waals surface area contributed by atoms with Crippen LogP contribution in [0.1, 0.15) is 6.42 Å². The fraction of sp³-hybridized carbons (Fsp3) is 0.471. The Labute approximate surface area is 148 Å². The van der Waals surface area contributed by atoms with Crippen molar-refractivity contribution in [1.29, 1.82) is 0 Å². The van der Waals surface area contributed by atoms with Crippen molar-refractivity contribution in [3.05, 3.63) is 29.0 Å². The number of carbonyl (C=O) groups is 1. The highest BCUT2D eigenvalue weighted by Gasteiger charge is 2.33. The summed E-state index contributed by atoms with van der Waals surface area (Å²) in [7, 11) is 0. The summed E-state index contributed by atoms with van der Waals surface area (Å²) >= 11 is 3.52. The van der Waals surface area contributed by atoms with Crippen LogP contribution in [0.2, 0.25) is 0 Å². The number of rotatable bonds is 2. The molecular formula is C17H19BrN4O2. The first-order valence-corrected chi connectivity index (χ1v) is 9.03. The first-order chi connectivity index (χ1) is 11.7. The molecule has 0 saturated carbocycles. The van der Waals surface area contributed by atoms with Gasteiger partial charge in [0.05, 0.1) is 24.6 Å². The topological polar surface area (TPSA) is 58.6 Å². The van der Waals surface area contributed by atoms with Crippen LogP contribution in [-0.2, 0) is 9.53 Å². The van der Waals surface area contributed by atoms with E-state index in [-0.39, 0.29) is 11.8 Å². The monoisotopic (exact) mass is 390 g/mol. The van der Waals surface area contributed by atoms with E-state index in [0.717, 1.165) is 40.7 Å². The fourth-order valence-corrected chi connectivity index (χ4v) is 3.82. The Kier molecular flexibility index (Phi) is 4.37. The van der Waals surface area contributed by atoms with Crippen LogP contribution in [0.15, 0.2) is 29.0 Å². The van der Waals surface area contributed by atoms with Crippen molar-refractivity contribution in [3.63, 3.8) is 0 Å². The summed E-state index contributed by atoms with van der Waals surface area (Å²) in [5, 5.41) is 1.02. The molecule has 0 aliphatic carbocycles. The molecule has 1 aromatic heterocycles. The summed E-state index contributed by atoms with van der Waals surface area (Å²) in [6, 6.07) is 6.01. The number of halogens is 1. The number of nitrogens with zero attached hydrogens (tertiary/aromatic N) is 4. The molecule has 1 amide bonds. The van der Waals surface area contributed by atoms with E-state index in [1.165, 1.54) is 0 Å². The van der Waals surface area contributed by atoms with Crippen LogP contribution in [0.5, 0.6) is 0 Å². The zero-order valence-corrected chi connectivity index (χ0v) is 14.9. The van der Waals surface area contributed by atoms with Crippen molar-refractivity contribution < 1.29 is 9.53 Å². The maximum absolute atomic E-state index is 12.7. The normalized spacial score (nSPS) is 21.5. The maximum atomic E-state index is 12.7. The van der Waals surface area contributed by atoms with Crippen LogP contribution in [0.4, 0.5) is 5.82 Å². The van der Waals surface area contributed by atoms with Gasteiger partial charge in [-0.25, -0.2) is 9.97 Å². The van der Waals surface area contributed by atoms with Crippen LogP contribution in [0.3, 0.4) is 0 Å². The molecule has 2 aromatic rings. The third-order valence-corrected chi connectivity index (χ3v) is 5.23. The quantitative estimate of drug-likeness (QED) is 0.785. The van der Waals surface area contributed by atoms with Crippen molar-refractivity contribution >= 4 is 38.6 Å². The van der Waals surface area contributed by atoms with Gasteiger partial charge in [-0.2, -0.15) is 0 Å². The van der Waals surface area contributed by atoms with Crippen LogP contribution in [-0.4, -0.2) is 60.2 Å². The van der Waals surface area contributed by atoms with Gasteiger partial charge in [-0.1, -0.05) is 15.9 Å². The lowest BCUT2D eigenvalue weighted by Crippen LogP contribution is -2.44. The van der Waals surface area contributed by atoms with Gasteiger partial charge >= 0.3 is 0 Å². The first kappa shape index (κ1) is 15.8. The van der Waals surface area contributed by atoms with Crippen molar-refractivity contribution in [2.75, 3.05) is 44.3 Å². The molecule has 126 valence electrons. The molecule has 1 aromatic carbocycles. The van der Waals surface area contributed by atoms with Gasteiger partial charge in [0.25, 0.3) is 0 Å². The lowest BCUT2D eigenvalue weighted by atomic mass is 10.1. The average Bonchev–Trinajstić information content (AvgIpc) is 3.11. The van der Waals surface area contributed by atoms with Crippen molar-refractivity contribution in [2.45, 2.75) is 6.42 Å². The number of ether oxygens (including phenoxy) is 1. The Morgan fingerprint density at radius 1 is 1.21 bits per heavy atom. The Morgan fingerprint density at radius 3 is 2.88 bits per heavy atom. The predicted octanol–water partition coefficient (Wildman–Crippen LogP) is 2.08. The highest BCUT2D eigenvalue weighted by Crippen LogP contribution is 2.30. The third-order valence-electron chi connectivity index (χ3n) is 4.74. The minimum absolute atomic E-state index is 0.0419. The Balaban J connectivity index is 1.54. The SMILES string of the molecule is O=C(C1CCN(c2ncnc3ccc(Br)cc23)C1)N1CCOCC1. The molecule has 3 heterocycles. The summed E-state index contributed by atoms with van der Waals surface area (Å²) in [5.74, 6) is 1.21. The van der Waals surface area contributed by atoms with Gasteiger partial charge in [0.2, 0.25) is 5.91 Å². The highest BCUT2D eigenvalue weighted by molar-refractivity contribution is 9.10. The van der Waals surface area contributed by atoms with E-state index in [4.69, 9.17) is 4.74 Å². The van der Waals surface area contributed by atoms with Gasteiger partial charge < -0.3 is 14.5 Å². The molecule has 1 atom stereocenters. The smallest absolute Gasteiger partial charge is 0.227 e. The van der Waals surface area contributed by atoms with Gasteiger partial charge in [-0.05, 0) is 24.6 Å². The van der Waals surface area contributed by atoms with Crippen LogP contribution in [0.25, 0.3) is 10.9 Å². The number of hydrogen-bond acceptors (Lipinski definition) is 5. The molecule has 6 nitrogen and oxygen atoms in total. The minimum Gasteiger partial charge on any atom is -0.378 e. The largest absolute Gasteiger partial charge is 0.378 e. The minimum atomic E-state index is 0.0419. The molecule has 1 unspecified atom stereocenters. The molecule has 0 radical (unpaired) electrons. The van der Waals surface area contributed by atoms with E-state index < -0.39 is 0 Å². The third kappa shape index (κ3) is 2.98. The molecule has 7 heteroatoms. The van der Waals surface area contributed by atoms with E-state index in [2.05, 4.69) is 30.8 Å². The number of morpholine rings is 1. The van der Waals surface area contributed by atoms with E-state index in [0.29, 0.717) is 26.3 Å². The summed E-state index contributed by atoms with van der Waals surface area (Å²) in [6.07, 6.45) is 2.47. The van der Waals surface area contributed by atoms with Crippen molar-refractivity contribution in [1.82, 2.24) is 14.9 Å².